The Hall–Kier alpha value is -2.50. The maximum absolute atomic E-state index is 12.3. The lowest BCUT2D eigenvalue weighted by molar-refractivity contribution is 0.102. The van der Waals surface area contributed by atoms with Crippen molar-refractivity contribution in [3.63, 3.8) is 0 Å². The number of oxazole rings is 1. The van der Waals surface area contributed by atoms with Crippen molar-refractivity contribution in [2.45, 2.75) is 6.92 Å². The van der Waals surface area contributed by atoms with Crippen LogP contribution in [-0.4, -0.2) is 17.5 Å². The van der Waals surface area contributed by atoms with E-state index >= 15 is 0 Å². The number of anilines is 1. The summed E-state index contributed by atoms with van der Waals surface area (Å²) in [6.45, 7) is 2.49. The highest BCUT2D eigenvalue weighted by atomic mass is 35.5. The van der Waals surface area contributed by atoms with Crippen molar-refractivity contribution in [2.75, 3.05) is 11.9 Å². The van der Waals surface area contributed by atoms with Gasteiger partial charge in [0.1, 0.15) is 12.0 Å². The average molecular weight is 377 g/mol. The first-order chi connectivity index (χ1) is 12.1. The van der Waals surface area contributed by atoms with Gasteiger partial charge in [-0.1, -0.05) is 23.2 Å². The number of carbonyl (C=O) groups excluding carboxylic acids is 1. The zero-order chi connectivity index (χ0) is 17.8. The first-order valence-electron chi connectivity index (χ1n) is 7.52. The van der Waals surface area contributed by atoms with E-state index in [0.717, 1.165) is 5.75 Å². The van der Waals surface area contributed by atoms with Gasteiger partial charge in [-0.25, -0.2) is 4.98 Å². The zero-order valence-corrected chi connectivity index (χ0v) is 14.8. The molecule has 0 bridgehead atoms. The van der Waals surface area contributed by atoms with Gasteiger partial charge in [0.15, 0.2) is 5.69 Å². The fourth-order valence-electron chi connectivity index (χ4n) is 2.14. The van der Waals surface area contributed by atoms with E-state index in [1.165, 1.54) is 6.26 Å². The highest BCUT2D eigenvalue weighted by Crippen LogP contribution is 2.28. The summed E-state index contributed by atoms with van der Waals surface area (Å²) in [6, 6.07) is 12.1. The lowest BCUT2D eigenvalue weighted by atomic mass is 10.2. The molecular weight excluding hydrogens is 363 g/mol. The van der Waals surface area contributed by atoms with Crippen molar-refractivity contribution >= 4 is 34.8 Å². The Labute approximate surface area is 154 Å². The van der Waals surface area contributed by atoms with Gasteiger partial charge in [-0.05, 0) is 49.4 Å². The Morgan fingerprint density at radius 2 is 1.92 bits per heavy atom. The third-order valence-corrected chi connectivity index (χ3v) is 4.07. The van der Waals surface area contributed by atoms with Crippen LogP contribution in [0, 0.1) is 0 Å². The summed E-state index contributed by atoms with van der Waals surface area (Å²) >= 11 is 11.9. The molecule has 0 aliphatic rings. The molecule has 1 amide bonds. The zero-order valence-electron chi connectivity index (χ0n) is 13.3. The molecule has 0 fully saturated rings. The second-order valence-corrected chi connectivity index (χ2v) is 5.89. The van der Waals surface area contributed by atoms with Crippen molar-refractivity contribution in [2.24, 2.45) is 0 Å². The van der Waals surface area contributed by atoms with Crippen LogP contribution in [0.15, 0.2) is 53.1 Å². The smallest absolute Gasteiger partial charge is 0.277 e. The van der Waals surface area contributed by atoms with Gasteiger partial charge in [0.2, 0.25) is 5.89 Å². The van der Waals surface area contributed by atoms with Gasteiger partial charge in [0, 0.05) is 11.3 Å². The minimum atomic E-state index is -0.376. The van der Waals surface area contributed by atoms with Crippen molar-refractivity contribution in [3.05, 3.63) is 64.5 Å². The predicted octanol–water partition coefficient (Wildman–Crippen LogP) is 5.30. The molecule has 0 aliphatic heterocycles. The SMILES string of the molecule is CCOc1ccc(NC(=O)c2coc(-c3ccc(Cl)c(Cl)c3)n2)cc1. The summed E-state index contributed by atoms with van der Waals surface area (Å²) in [4.78, 5) is 16.5. The van der Waals surface area contributed by atoms with Gasteiger partial charge < -0.3 is 14.5 Å². The number of halogens is 2. The van der Waals surface area contributed by atoms with Crippen molar-refractivity contribution in [1.82, 2.24) is 4.98 Å². The van der Waals surface area contributed by atoms with E-state index in [0.29, 0.717) is 27.9 Å². The average Bonchev–Trinajstić information content (AvgIpc) is 3.09. The lowest BCUT2D eigenvalue weighted by Crippen LogP contribution is -2.12. The van der Waals surface area contributed by atoms with Gasteiger partial charge in [-0.15, -0.1) is 0 Å². The molecule has 128 valence electrons. The lowest BCUT2D eigenvalue weighted by Gasteiger charge is -2.05. The maximum Gasteiger partial charge on any atom is 0.277 e. The van der Waals surface area contributed by atoms with Crippen LogP contribution in [-0.2, 0) is 0 Å². The second-order valence-electron chi connectivity index (χ2n) is 5.08. The molecule has 7 heteroatoms. The Morgan fingerprint density at radius 1 is 1.16 bits per heavy atom. The Bertz CT molecular complexity index is 892. The molecule has 0 radical (unpaired) electrons. The third kappa shape index (κ3) is 4.13. The van der Waals surface area contributed by atoms with E-state index in [2.05, 4.69) is 10.3 Å². The largest absolute Gasteiger partial charge is 0.494 e. The number of benzene rings is 2. The van der Waals surface area contributed by atoms with Gasteiger partial charge in [0.05, 0.1) is 16.7 Å². The van der Waals surface area contributed by atoms with Crippen LogP contribution in [0.5, 0.6) is 5.75 Å². The third-order valence-electron chi connectivity index (χ3n) is 3.33. The Kier molecular flexibility index (Phi) is 5.26. The quantitative estimate of drug-likeness (QED) is 0.655. The van der Waals surface area contributed by atoms with Crippen LogP contribution in [0.25, 0.3) is 11.5 Å². The number of aromatic nitrogens is 1. The van der Waals surface area contributed by atoms with Crippen molar-refractivity contribution in [1.29, 1.82) is 0 Å². The van der Waals surface area contributed by atoms with Gasteiger partial charge in [-0.3, -0.25) is 4.79 Å². The van der Waals surface area contributed by atoms with E-state index in [1.54, 1.807) is 42.5 Å². The highest BCUT2D eigenvalue weighted by Gasteiger charge is 2.14. The van der Waals surface area contributed by atoms with Crippen LogP contribution in [0.2, 0.25) is 10.0 Å². The molecule has 0 aliphatic carbocycles. The highest BCUT2D eigenvalue weighted by molar-refractivity contribution is 6.42. The van der Waals surface area contributed by atoms with Crippen LogP contribution >= 0.6 is 23.2 Å². The van der Waals surface area contributed by atoms with Crippen LogP contribution in [0.3, 0.4) is 0 Å². The van der Waals surface area contributed by atoms with E-state index < -0.39 is 0 Å². The molecule has 2 aromatic carbocycles. The molecule has 0 atom stereocenters. The van der Waals surface area contributed by atoms with Crippen molar-refractivity contribution < 1.29 is 13.9 Å². The van der Waals surface area contributed by atoms with Gasteiger partial charge in [-0.2, -0.15) is 0 Å². The number of nitrogens with one attached hydrogen (secondary N) is 1. The Morgan fingerprint density at radius 3 is 2.60 bits per heavy atom. The second kappa shape index (κ2) is 7.59. The summed E-state index contributed by atoms with van der Waals surface area (Å²) in [5, 5.41) is 3.57. The molecule has 0 unspecified atom stereocenters. The first-order valence-corrected chi connectivity index (χ1v) is 8.27. The van der Waals surface area contributed by atoms with Crippen LogP contribution < -0.4 is 10.1 Å². The molecular formula is C18H14Cl2N2O3. The standard InChI is InChI=1S/C18H14Cl2N2O3/c1-2-24-13-6-4-12(5-7-13)21-17(23)16-10-25-18(22-16)11-3-8-14(19)15(20)9-11/h3-10H,2H2,1H3,(H,21,23). The molecule has 0 spiro atoms. The molecule has 3 aromatic rings. The van der Waals surface area contributed by atoms with Crippen molar-refractivity contribution in [3.8, 4) is 17.2 Å². The first kappa shape index (κ1) is 17.3. The minimum Gasteiger partial charge on any atom is -0.494 e. The summed E-state index contributed by atoms with van der Waals surface area (Å²) in [7, 11) is 0. The fourth-order valence-corrected chi connectivity index (χ4v) is 2.43. The van der Waals surface area contributed by atoms with Crippen LogP contribution in [0.1, 0.15) is 17.4 Å². The van der Waals surface area contributed by atoms with Gasteiger partial charge in [0.25, 0.3) is 5.91 Å². The summed E-state index contributed by atoms with van der Waals surface area (Å²) in [5.41, 5.74) is 1.43. The monoisotopic (exact) mass is 376 g/mol. The predicted molar refractivity (Wildman–Crippen MR) is 97.5 cm³/mol. The number of nitrogens with zero attached hydrogens (tertiary/aromatic N) is 1. The summed E-state index contributed by atoms with van der Waals surface area (Å²) < 4.78 is 10.7. The fraction of sp³-hybridized carbons (Fsp3) is 0.111. The molecule has 25 heavy (non-hydrogen) atoms. The van der Waals surface area contributed by atoms with E-state index in [1.807, 2.05) is 6.92 Å². The number of rotatable bonds is 5. The molecule has 3 rings (SSSR count). The molecule has 0 saturated carbocycles. The van der Waals surface area contributed by atoms with Gasteiger partial charge >= 0.3 is 0 Å². The molecule has 1 N–H and O–H groups in total. The van der Waals surface area contributed by atoms with E-state index in [9.17, 15) is 4.79 Å². The molecule has 1 heterocycles. The summed E-state index contributed by atoms with van der Waals surface area (Å²) in [6.07, 6.45) is 1.29. The van der Waals surface area contributed by atoms with Crippen LogP contribution in [0.4, 0.5) is 5.69 Å². The number of amides is 1. The number of hydrogen-bond donors (Lipinski definition) is 1. The molecule has 5 nitrogen and oxygen atoms in total. The molecule has 1 aromatic heterocycles. The summed E-state index contributed by atoms with van der Waals surface area (Å²) in [5.74, 6) is 0.651. The van der Waals surface area contributed by atoms with E-state index in [4.69, 9.17) is 32.4 Å². The maximum atomic E-state index is 12.3. The minimum absolute atomic E-state index is 0.162. The number of carbonyl (C=O) groups is 1. The van der Waals surface area contributed by atoms with E-state index in [-0.39, 0.29) is 17.5 Å². The Balaban J connectivity index is 1.72. The number of ether oxygens (including phenoxy) is 1. The normalized spacial score (nSPS) is 10.5. The number of hydrogen-bond acceptors (Lipinski definition) is 4. The molecule has 0 saturated heterocycles. The topological polar surface area (TPSA) is 64.4 Å².